The molecule has 0 saturated heterocycles. The molecule has 42 heavy (non-hydrogen) atoms. The molecule has 2 aliphatic rings. The van der Waals surface area contributed by atoms with Crippen LogP contribution in [0.4, 0.5) is 0 Å². The summed E-state index contributed by atoms with van der Waals surface area (Å²) in [6, 6.07) is 25.6. The van der Waals surface area contributed by atoms with E-state index in [9.17, 15) is 0 Å². The van der Waals surface area contributed by atoms with Gasteiger partial charge < -0.3 is 9.97 Å². The third-order valence-corrected chi connectivity index (χ3v) is 10.9. The molecular weight excluding hydrogens is 689 g/mol. The van der Waals surface area contributed by atoms with E-state index in [4.69, 9.17) is 4.98 Å². The SMILES string of the molecule is CC1(C)CC(C)(C)c2cc(-c3[c-]cc4c(c3)C(C)(C)C(C)(C)C4(C)C)ncc21.Cc1cccnc1-c1[c-]cccc1.[Ir]. The molecule has 4 aromatic rings. The molecule has 2 heterocycles. The Morgan fingerprint density at radius 3 is 1.98 bits per heavy atom. The van der Waals surface area contributed by atoms with Crippen molar-refractivity contribution in [2.45, 2.75) is 104 Å². The normalized spacial score (nSPS) is 19.5. The molecule has 0 unspecified atom stereocenters. The number of aromatic nitrogens is 2. The van der Waals surface area contributed by atoms with Crippen molar-refractivity contribution < 1.29 is 20.1 Å². The average Bonchev–Trinajstić information content (AvgIpc) is 3.17. The first kappa shape index (κ1) is 32.3. The average molecular weight is 735 g/mol. The number of pyridine rings is 2. The first-order valence-electron chi connectivity index (χ1n) is 15.0. The van der Waals surface area contributed by atoms with E-state index >= 15 is 0 Å². The molecule has 0 amide bonds. The molecule has 223 valence electrons. The zero-order valence-corrected chi connectivity index (χ0v) is 29.7. The minimum absolute atomic E-state index is 0. The van der Waals surface area contributed by atoms with E-state index in [1.54, 1.807) is 0 Å². The number of hydrogen-bond acceptors (Lipinski definition) is 2. The number of aryl methyl sites for hydroxylation is 1. The van der Waals surface area contributed by atoms with Gasteiger partial charge in [-0.2, -0.15) is 0 Å². The van der Waals surface area contributed by atoms with E-state index in [1.807, 2.05) is 36.5 Å². The van der Waals surface area contributed by atoms with Crippen molar-refractivity contribution in [1.82, 2.24) is 9.97 Å². The van der Waals surface area contributed by atoms with Crippen LogP contribution in [0.2, 0.25) is 0 Å². The van der Waals surface area contributed by atoms with Crippen LogP contribution >= 0.6 is 0 Å². The maximum atomic E-state index is 4.90. The molecule has 2 nitrogen and oxygen atoms in total. The van der Waals surface area contributed by atoms with E-state index in [1.165, 1.54) is 34.2 Å². The second kappa shape index (κ2) is 10.8. The largest absolute Gasteiger partial charge is 0.304 e. The maximum absolute atomic E-state index is 4.90. The number of hydrogen-bond donors (Lipinski definition) is 0. The minimum atomic E-state index is 0. The van der Waals surface area contributed by atoms with Gasteiger partial charge in [-0.1, -0.05) is 86.9 Å². The van der Waals surface area contributed by atoms with Gasteiger partial charge in [0.25, 0.3) is 0 Å². The van der Waals surface area contributed by atoms with Gasteiger partial charge in [-0.05, 0) is 69.0 Å². The Morgan fingerprint density at radius 2 is 1.33 bits per heavy atom. The van der Waals surface area contributed by atoms with Crippen molar-refractivity contribution in [3.05, 3.63) is 107 Å². The summed E-state index contributed by atoms with van der Waals surface area (Å²) in [6.45, 7) is 25.8. The predicted molar refractivity (Wildman–Crippen MR) is 172 cm³/mol. The molecule has 1 radical (unpaired) electrons. The fourth-order valence-corrected chi connectivity index (χ4v) is 7.43. The van der Waals surface area contributed by atoms with Crippen molar-refractivity contribution in [1.29, 1.82) is 0 Å². The second-order valence-corrected chi connectivity index (χ2v) is 15.1. The fraction of sp³-hybridized carbons (Fsp3) is 0.436. The fourth-order valence-electron chi connectivity index (χ4n) is 7.43. The van der Waals surface area contributed by atoms with Gasteiger partial charge >= 0.3 is 0 Å². The number of benzene rings is 2. The third kappa shape index (κ3) is 5.11. The summed E-state index contributed by atoms with van der Waals surface area (Å²) in [6.07, 6.45) is 5.10. The minimum Gasteiger partial charge on any atom is -0.304 e. The van der Waals surface area contributed by atoms with Crippen LogP contribution in [-0.2, 0) is 41.8 Å². The van der Waals surface area contributed by atoms with Crippen LogP contribution in [0.25, 0.3) is 22.5 Å². The second-order valence-electron chi connectivity index (χ2n) is 15.1. The van der Waals surface area contributed by atoms with Gasteiger partial charge in [-0.15, -0.1) is 70.8 Å². The van der Waals surface area contributed by atoms with Gasteiger partial charge in [-0.25, -0.2) is 0 Å². The summed E-state index contributed by atoms with van der Waals surface area (Å²) in [5.41, 5.74) is 12.0. The van der Waals surface area contributed by atoms with Gasteiger partial charge in [0.05, 0.1) is 0 Å². The molecule has 6 rings (SSSR count). The quantitative estimate of drug-likeness (QED) is 0.192. The molecule has 0 N–H and O–H groups in total. The van der Waals surface area contributed by atoms with Gasteiger partial charge in [0.2, 0.25) is 0 Å². The van der Waals surface area contributed by atoms with Crippen molar-refractivity contribution >= 4 is 0 Å². The standard InChI is InChI=1S/C27H36N.C12H10N.Ir/c1-23(2)16-24(3,4)21-15-28-22(14-19(21)23)17-11-12-18-20(13-17)26(7,8)27(9,10)25(18,5)6;1-10-6-5-9-13-12(10)11-7-3-2-4-8-11;/h12-15H,16H2,1-10H3;2-7,9H,1H3;/q2*-1;. The van der Waals surface area contributed by atoms with Crippen LogP contribution < -0.4 is 0 Å². The van der Waals surface area contributed by atoms with Crippen LogP contribution in [-0.4, -0.2) is 9.97 Å². The molecule has 2 aromatic carbocycles. The van der Waals surface area contributed by atoms with Crippen LogP contribution in [0, 0.1) is 24.5 Å². The van der Waals surface area contributed by atoms with E-state index in [-0.39, 0.29) is 47.2 Å². The first-order valence-corrected chi connectivity index (χ1v) is 15.0. The van der Waals surface area contributed by atoms with Gasteiger partial charge in [-0.3, -0.25) is 0 Å². The maximum Gasteiger partial charge on any atom is 0.0201 e. The van der Waals surface area contributed by atoms with Crippen molar-refractivity contribution in [3.8, 4) is 22.5 Å². The van der Waals surface area contributed by atoms with Crippen molar-refractivity contribution in [2.75, 3.05) is 0 Å². The summed E-state index contributed by atoms with van der Waals surface area (Å²) >= 11 is 0. The van der Waals surface area contributed by atoms with E-state index < -0.39 is 0 Å². The Balaban J connectivity index is 0.000000243. The van der Waals surface area contributed by atoms with Gasteiger partial charge in [0.15, 0.2) is 0 Å². The molecule has 0 fully saturated rings. The molecular formula is C39H46IrN2-2. The summed E-state index contributed by atoms with van der Waals surface area (Å²) in [4.78, 5) is 9.21. The van der Waals surface area contributed by atoms with E-state index in [0.717, 1.165) is 22.5 Å². The molecule has 0 aliphatic heterocycles. The first-order chi connectivity index (χ1) is 19.0. The van der Waals surface area contributed by atoms with Crippen molar-refractivity contribution in [3.63, 3.8) is 0 Å². The molecule has 0 saturated carbocycles. The molecule has 0 bridgehead atoms. The summed E-state index contributed by atoms with van der Waals surface area (Å²) in [7, 11) is 0. The zero-order chi connectivity index (χ0) is 30.0. The van der Waals surface area contributed by atoms with Gasteiger partial charge in [0, 0.05) is 32.5 Å². The predicted octanol–water partition coefficient (Wildman–Crippen LogP) is 9.96. The van der Waals surface area contributed by atoms with E-state index in [0.29, 0.717) is 0 Å². The Morgan fingerprint density at radius 1 is 0.667 bits per heavy atom. The van der Waals surface area contributed by atoms with Crippen LogP contribution in [0.3, 0.4) is 0 Å². The van der Waals surface area contributed by atoms with Crippen LogP contribution in [0.5, 0.6) is 0 Å². The Labute approximate surface area is 268 Å². The third-order valence-electron chi connectivity index (χ3n) is 10.9. The summed E-state index contributed by atoms with van der Waals surface area (Å²) in [5.74, 6) is 0. The molecule has 3 heteroatoms. The monoisotopic (exact) mass is 735 g/mol. The van der Waals surface area contributed by atoms with E-state index in [2.05, 4.69) is 124 Å². The number of fused-ring (bicyclic) bond motifs is 2. The summed E-state index contributed by atoms with van der Waals surface area (Å²) in [5, 5.41) is 0. The van der Waals surface area contributed by atoms with Crippen molar-refractivity contribution in [2.24, 2.45) is 5.41 Å². The molecule has 2 aromatic heterocycles. The molecule has 0 atom stereocenters. The smallest absolute Gasteiger partial charge is 0.0201 e. The Hall–Kier alpha value is -2.61. The molecule has 2 aliphatic carbocycles. The number of nitrogens with zero attached hydrogens (tertiary/aromatic N) is 2. The summed E-state index contributed by atoms with van der Waals surface area (Å²) < 4.78 is 0. The van der Waals surface area contributed by atoms with Crippen LogP contribution in [0.1, 0.15) is 103 Å². The zero-order valence-electron chi connectivity index (χ0n) is 27.3. The Kier molecular flexibility index (Phi) is 8.33. The number of rotatable bonds is 2. The molecule has 0 spiro atoms. The van der Waals surface area contributed by atoms with Crippen LogP contribution in [0.15, 0.2) is 67.0 Å². The van der Waals surface area contributed by atoms with Gasteiger partial charge in [0.1, 0.15) is 0 Å². The Bertz CT molecular complexity index is 1590. The topological polar surface area (TPSA) is 25.8 Å².